The first-order valence-electron chi connectivity index (χ1n) is 7.45. The second kappa shape index (κ2) is 7.74. The van der Waals surface area contributed by atoms with Crippen LogP contribution in [-0.4, -0.2) is 14.3 Å². The van der Waals surface area contributed by atoms with Crippen molar-refractivity contribution < 1.29 is 13.2 Å². The van der Waals surface area contributed by atoms with E-state index in [1.165, 1.54) is 13.0 Å². The van der Waals surface area contributed by atoms with Crippen LogP contribution in [0.15, 0.2) is 41.3 Å². The van der Waals surface area contributed by atoms with E-state index in [1.54, 1.807) is 44.2 Å². The number of aryl methyl sites for hydroxylation is 1. The van der Waals surface area contributed by atoms with Crippen LogP contribution in [0.2, 0.25) is 10.0 Å². The molecule has 1 atom stereocenters. The Kier molecular flexibility index (Phi) is 6.11. The molecule has 1 unspecified atom stereocenters. The van der Waals surface area contributed by atoms with Crippen molar-refractivity contribution in [3.63, 3.8) is 0 Å². The molecule has 0 aromatic heterocycles. The summed E-state index contributed by atoms with van der Waals surface area (Å²) in [6, 6.07) is 9.16. The van der Waals surface area contributed by atoms with Gasteiger partial charge in [-0.25, -0.2) is 13.1 Å². The van der Waals surface area contributed by atoms with Crippen molar-refractivity contribution in [1.29, 1.82) is 0 Å². The summed E-state index contributed by atoms with van der Waals surface area (Å²) in [5.74, 6) is -0.274. The summed E-state index contributed by atoms with van der Waals surface area (Å²) < 4.78 is 28.1. The van der Waals surface area contributed by atoms with Gasteiger partial charge in [0.15, 0.2) is 0 Å². The minimum Gasteiger partial charge on any atom is -0.326 e. The second-order valence-corrected chi connectivity index (χ2v) is 8.17. The van der Waals surface area contributed by atoms with Gasteiger partial charge in [-0.2, -0.15) is 0 Å². The number of hydrogen-bond acceptors (Lipinski definition) is 3. The smallest absolute Gasteiger partial charge is 0.241 e. The zero-order valence-corrected chi connectivity index (χ0v) is 16.3. The Morgan fingerprint density at radius 2 is 1.76 bits per heavy atom. The van der Waals surface area contributed by atoms with Crippen LogP contribution < -0.4 is 10.0 Å². The fourth-order valence-electron chi connectivity index (χ4n) is 2.32. The predicted octanol–water partition coefficient (Wildman–Crippen LogP) is 4.30. The summed E-state index contributed by atoms with van der Waals surface area (Å²) in [7, 11) is -3.80. The Morgan fingerprint density at radius 3 is 2.36 bits per heavy atom. The van der Waals surface area contributed by atoms with E-state index < -0.39 is 16.1 Å². The van der Waals surface area contributed by atoms with Gasteiger partial charge < -0.3 is 5.32 Å². The highest BCUT2D eigenvalue weighted by Gasteiger charge is 2.21. The largest absolute Gasteiger partial charge is 0.326 e. The van der Waals surface area contributed by atoms with Crippen LogP contribution in [0.4, 0.5) is 5.69 Å². The lowest BCUT2D eigenvalue weighted by molar-refractivity contribution is -0.114. The summed E-state index contributed by atoms with van der Waals surface area (Å²) in [5.41, 5.74) is 1.68. The number of halogens is 2. The van der Waals surface area contributed by atoms with Gasteiger partial charge in [-0.1, -0.05) is 35.3 Å². The molecule has 1 amide bonds. The number of amides is 1. The fourth-order valence-corrected chi connectivity index (χ4v) is 4.13. The molecule has 2 aromatic rings. The van der Waals surface area contributed by atoms with Crippen LogP contribution in [-0.2, 0) is 14.8 Å². The van der Waals surface area contributed by atoms with Crippen molar-refractivity contribution in [2.75, 3.05) is 5.32 Å². The molecular formula is C17H18Cl2N2O3S. The molecule has 134 valence electrons. The van der Waals surface area contributed by atoms with E-state index in [-0.39, 0.29) is 10.8 Å². The van der Waals surface area contributed by atoms with Gasteiger partial charge in [0.1, 0.15) is 0 Å². The maximum atomic E-state index is 12.7. The molecule has 8 heteroatoms. The van der Waals surface area contributed by atoms with Gasteiger partial charge in [-0.15, -0.1) is 0 Å². The number of rotatable bonds is 5. The minimum absolute atomic E-state index is 0.102. The molecule has 0 saturated carbocycles. The SMILES string of the molecule is CC(=O)Nc1ccc(C)c(S(=O)(=O)NC(C)c2ccc(Cl)c(Cl)c2)c1. The number of carbonyl (C=O) groups excluding carboxylic acids is 1. The van der Waals surface area contributed by atoms with Gasteiger partial charge in [0.25, 0.3) is 0 Å². The van der Waals surface area contributed by atoms with Crippen molar-refractivity contribution in [1.82, 2.24) is 4.72 Å². The van der Waals surface area contributed by atoms with E-state index in [1.807, 2.05) is 0 Å². The second-order valence-electron chi connectivity index (χ2n) is 5.68. The molecule has 2 aromatic carbocycles. The summed E-state index contributed by atoms with van der Waals surface area (Å²) in [6.07, 6.45) is 0. The molecule has 0 fully saturated rings. The number of hydrogen-bond donors (Lipinski definition) is 2. The van der Waals surface area contributed by atoms with Gasteiger partial charge in [-0.05, 0) is 49.2 Å². The number of benzene rings is 2. The Bertz CT molecular complexity index is 914. The number of carbonyl (C=O) groups is 1. The van der Waals surface area contributed by atoms with Crippen LogP contribution >= 0.6 is 23.2 Å². The zero-order valence-electron chi connectivity index (χ0n) is 13.9. The first-order chi connectivity index (χ1) is 11.6. The summed E-state index contributed by atoms with van der Waals surface area (Å²) >= 11 is 11.9. The monoisotopic (exact) mass is 400 g/mol. The topological polar surface area (TPSA) is 75.3 Å². The van der Waals surface area contributed by atoms with Gasteiger partial charge in [0, 0.05) is 18.7 Å². The number of nitrogens with one attached hydrogen (secondary N) is 2. The Balaban J connectivity index is 2.31. The first-order valence-corrected chi connectivity index (χ1v) is 9.69. The average molecular weight is 401 g/mol. The summed E-state index contributed by atoms with van der Waals surface area (Å²) in [5, 5.41) is 3.34. The lowest BCUT2D eigenvalue weighted by atomic mass is 10.1. The lowest BCUT2D eigenvalue weighted by Gasteiger charge is -2.17. The van der Waals surface area contributed by atoms with Crippen LogP contribution in [0.5, 0.6) is 0 Å². The van der Waals surface area contributed by atoms with Crippen molar-refractivity contribution in [3.05, 3.63) is 57.6 Å². The molecule has 0 radical (unpaired) electrons. The van der Waals surface area contributed by atoms with E-state index in [2.05, 4.69) is 10.0 Å². The molecule has 2 rings (SSSR count). The van der Waals surface area contributed by atoms with E-state index in [4.69, 9.17) is 23.2 Å². The predicted molar refractivity (Wildman–Crippen MR) is 101 cm³/mol. The molecule has 0 aliphatic heterocycles. The maximum absolute atomic E-state index is 12.7. The molecular weight excluding hydrogens is 383 g/mol. The number of sulfonamides is 1. The summed E-state index contributed by atoms with van der Waals surface area (Å²) in [4.78, 5) is 11.3. The molecule has 0 saturated heterocycles. The Labute approximate surface area is 157 Å². The Morgan fingerprint density at radius 1 is 1.08 bits per heavy atom. The molecule has 2 N–H and O–H groups in total. The first kappa shape index (κ1) is 19.7. The molecule has 25 heavy (non-hydrogen) atoms. The third-order valence-corrected chi connectivity index (χ3v) is 6.00. The molecule has 0 aliphatic carbocycles. The normalized spacial score (nSPS) is 12.7. The zero-order chi connectivity index (χ0) is 18.8. The van der Waals surface area contributed by atoms with Crippen LogP contribution in [0.3, 0.4) is 0 Å². The van der Waals surface area contributed by atoms with Crippen molar-refractivity contribution in [3.8, 4) is 0 Å². The van der Waals surface area contributed by atoms with E-state index in [0.29, 0.717) is 26.9 Å². The highest BCUT2D eigenvalue weighted by Crippen LogP contribution is 2.27. The molecule has 0 spiro atoms. The number of anilines is 1. The standard InChI is InChI=1S/C17H18Cl2N2O3S/c1-10-4-6-14(20-12(3)22)9-17(10)25(23,24)21-11(2)13-5-7-15(18)16(19)8-13/h4-9,11,21H,1-3H3,(H,20,22). The van der Waals surface area contributed by atoms with Gasteiger partial charge >= 0.3 is 0 Å². The third kappa shape index (κ3) is 4.95. The maximum Gasteiger partial charge on any atom is 0.241 e. The average Bonchev–Trinajstić information content (AvgIpc) is 2.50. The molecule has 0 bridgehead atoms. The van der Waals surface area contributed by atoms with E-state index in [9.17, 15) is 13.2 Å². The lowest BCUT2D eigenvalue weighted by Crippen LogP contribution is -2.27. The van der Waals surface area contributed by atoms with Crippen LogP contribution in [0.1, 0.15) is 31.0 Å². The summed E-state index contributed by atoms with van der Waals surface area (Å²) in [6.45, 7) is 4.76. The van der Waals surface area contributed by atoms with Crippen molar-refractivity contribution in [2.24, 2.45) is 0 Å². The quantitative estimate of drug-likeness (QED) is 0.785. The van der Waals surface area contributed by atoms with Crippen LogP contribution in [0.25, 0.3) is 0 Å². The molecule has 5 nitrogen and oxygen atoms in total. The van der Waals surface area contributed by atoms with Crippen molar-refractivity contribution >= 4 is 44.8 Å². The van der Waals surface area contributed by atoms with E-state index >= 15 is 0 Å². The van der Waals surface area contributed by atoms with Gasteiger partial charge in [0.05, 0.1) is 14.9 Å². The highest BCUT2D eigenvalue weighted by atomic mass is 35.5. The Hall–Kier alpha value is -1.60. The van der Waals surface area contributed by atoms with Gasteiger partial charge in [0.2, 0.25) is 15.9 Å². The van der Waals surface area contributed by atoms with Crippen LogP contribution in [0, 0.1) is 6.92 Å². The van der Waals surface area contributed by atoms with Crippen molar-refractivity contribution in [2.45, 2.75) is 31.7 Å². The highest BCUT2D eigenvalue weighted by molar-refractivity contribution is 7.89. The minimum atomic E-state index is -3.80. The third-order valence-electron chi connectivity index (χ3n) is 3.57. The molecule has 0 aliphatic rings. The van der Waals surface area contributed by atoms with E-state index in [0.717, 1.165) is 0 Å². The molecule has 0 heterocycles. The van der Waals surface area contributed by atoms with Gasteiger partial charge in [-0.3, -0.25) is 4.79 Å². The fraction of sp³-hybridized carbons (Fsp3) is 0.235.